The van der Waals surface area contributed by atoms with E-state index in [1.54, 1.807) is 18.0 Å². The third-order valence-corrected chi connectivity index (χ3v) is 5.02. The fourth-order valence-corrected chi connectivity index (χ4v) is 3.48. The molecule has 1 aliphatic heterocycles. The maximum atomic E-state index is 12.1. The summed E-state index contributed by atoms with van der Waals surface area (Å²) in [5.41, 5.74) is 1.38. The van der Waals surface area contributed by atoms with Gasteiger partial charge in [0.1, 0.15) is 5.75 Å². The number of nitrogens with zero attached hydrogens (tertiary/aromatic N) is 4. The average Bonchev–Trinajstić information content (AvgIpc) is 3.25. The third-order valence-electron chi connectivity index (χ3n) is 5.02. The molecular weight excluding hydrogens is 370 g/mol. The Bertz CT molecular complexity index is 820. The Morgan fingerprint density at radius 1 is 1.41 bits per heavy atom. The van der Waals surface area contributed by atoms with Crippen LogP contribution in [0, 0.1) is 0 Å². The summed E-state index contributed by atoms with van der Waals surface area (Å²) < 4.78 is 7.19. The van der Waals surface area contributed by atoms with Crippen molar-refractivity contribution in [2.75, 3.05) is 39.9 Å². The van der Waals surface area contributed by atoms with E-state index >= 15 is 0 Å². The molecule has 2 N–H and O–H groups in total. The van der Waals surface area contributed by atoms with Crippen molar-refractivity contribution in [3.8, 4) is 5.75 Å². The highest BCUT2D eigenvalue weighted by Gasteiger charge is 2.22. The van der Waals surface area contributed by atoms with E-state index in [1.807, 2.05) is 24.3 Å². The third kappa shape index (κ3) is 5.88. The van der Waals surface area contributed by atoms with Crippen LogP contribution in [0.25, 0.3) is 6.08 Å². The van der Waals surface area contributed by atoms with Crippen molar-refractivity contribution < 1.29 is 14.6 Å². The van der Waals surface area contributed by atoms with Crippen molar-refractivity contribution in [2.45, 2.75) is 25.3 Å². The Morgan fingerprint density at radius 2 is 2.28 bits per heavy atom. The number of hydrogen-bond donors (Lipinski definition) is 2. The highest BCUT2D eigenvalue weighted by molar-refractivity contribution is 5.91. The molecule has 0 saturated carbocycles. The maximum Gasteiger partial charge on any atom is 0.273 e. The molecule has 0 unspecified atom stereocenters. The molecule has 29 heavy (non-hydrogen) atoms. The fourth-order valence-electron chi connectivity index (χ4n) is 3.48. The molecule has 8 heteroatoms. The van der Waals surface area contributed by atoms with Gasteiger partial charge in [-0.25, -0.2) is 4.68 Å². The summed E-state index contributed by atoms with van der Waals surface area (Å²) in [4.78, 5) is 14.4. The zero-order valence-corrected chi connectivity index (χ0v) is 16.8. The number of ether oxygens (including phenoxy) is 1. The van der Waals surface area contributed by atoms with Crippen LogP contribution in [0.15, 0.2) is 36.5 Å². The van der Waals surface area contributed by atoms with Gasteiger partial charge in [-0.05, 0) is 31.9 Å². The number of hydrogen-bond acceptors (Lipinski definition) is 6. The lowest BCUT2D eigenvalue weighted by atomic mass is 10.1. The predicted octanol–water partition coefficient (Wildman–Crippen LogP) is 1.75. The van der Waals surface area contributed by atoms with E-state index in [0.29, 0.717) is 18.7 Å². The maximum absolute atomic E-state index is 12.1. The molecule has 0 bridgehead atoms. The molecule has 1 aromatic heterocycles. The van der Waals surface area contributed by atoms with Gasteiger partial charge in [0.05, 0.1) is 19.3 Å². The van der Waals surface area contributed by atoms with Gasteiger partial charge in [-0.1, -0.05) is 35.6 Å². The second-order valence-electron chi connectivity index (χ2n) is 7.12. The van der Waals surface area contributed by atoms with Crippen molar-refractivity contribution >= 4 is 12.0 Å². The van der Waals surface area contributed by atoms with Gasteiger partial charge in [-0.15, -0.1) is 5.10 Å². The number of benzene rings is 1. The summed E-state index contributed by atoms with van der Waals surface area (Å²) in [7, 11) is 1.68. The smallest absolute Gasteiger partial charge is 0.273 e. The van der Waals surface area contributed by atoms with Crippen LogP contribution in [0.3, 0.4) is 0 Å². The molecule has 1 amide bonds. The number of likely N-dealkylation sites (tertiary alicyclic amines) is 1. The molecule has 0 radical (unpaired) electrons. The number of aliphatic hydroxyl groups is 1. The predicted molar refractivity (Wildman–Crippen MR) is 111 cm³/mol. The normalized spacial score (nSPS) is 17.5. The summed E-state index contributed by atoms with van der Waals surface area (Å²) in [6.45, 7) is 3.23. The zero-order chi connectivity index (χ0) is 20.5. The van der Waals surface area contributed by atoms with Crippen LogP contribution in [0.4, 0.5) is 0 Å². The van der Waals surface area contributed by atoms with Gasteiger partial charge in [0, 0.05) is 31.8 Å². The van der Waals surface area contributed by atoms with Crippen molar-refractivity contribution in [1.82, 2.24) is 25.2 Å². The van der Waals surface area contributed by atoms with Crippen LogP contribution in [0.2, 0.25) is 0 Å². The quantitative estimate of drug-likeness (QED) is 0.624. The number of para-hydroxylation sites is 1. The number of amides is 1. The van der Waals surface area contributed by atoms with Gasteiger partial charge in [0.25, 0.3) is 5.91 Å². The van der Waals surface area contributed by atoms with E-state index in [-0.39, 0.29) is 18.6 Å². The van der Waals surface area contributed by atoms with Crippen molar-refractivity contribution in [1.29, 1.82) is 0 Å². The van der Waals surface area contributed by atoms with Crippen LogP contribution < -0.4 is 10.1 Å². The molecule has 1 fully saturated rings. The topological polar surface area (TPSA) is 92.5 Å². The number of nitrogens with one attached hydrogen (secondary N) is 1. The van der Waals surface area contributed by atoms with Crippen molar-refractivity contribution in [3.63, 3.8) is 0 Å². The van der Waals surface area contributed by atoms with E-state index in [4.69, 9.17) is 9.84 Å². The Balaban J connectivity index is 1.54. The van der Waals surface area contributed by atoms with Crippen LogP contribution >= 0.6 is 0 Å². The molecule has 2 heterocycles. The minimum atomic E-state index is -0.253. The number of methoxy groups -OCH3 is 1. The largest absolute Gasteiger partial charge is 0.496 e. The lowest BCUT2D eigenvalue weighted by molar-refractivity contribution is 0.0946. The summed E-state index contributed by atoms with van der Waals surface area (Å²) in [5, 5.41) is 19.7. The molecule has 1 aromatic carbocycles. The second-order valence-corrected chi connectivity index (χ2v) is 7.12. The van der Waals surface area contributed by atoms with Crippen LogP contribution in [0.1, 0.15) is 41.4 Å². The number of piperidine rings is 1. The van der Waals surface area contributed by atoms with Crippen LogP contribution in [-0.4, -0.2) is 70.8 Å². The van der Waals surface area contributed by atoms with Crippen LogP contribution in [0.5, 0.6) is 5.75 Å². The Hall–Kier alpha value is -2.71. The first-order valence-electron chi connectivity index (χ1n) is 10.0. The van der Waals surface area contributed by atoms with Gasteiger partial charge in [0.2, 0.25) is 0 Å². The molecule has 3 rings (SSSR count). The zero-order valence-electron chi connectivity index (χ0n) is 16.8. The standard InChI is InChI=1S/C21H29N5O3/c1-29-20-10-3-2-7-17(20)8-4-12-25-13-5-9-18(15-25)26-16-19(23-24-26)21(28)22-11-6-14-27/h2-4,7-8,10,16,18,27H,5-6,9,11-15H2,1H3,(H,22,28)/b8-4+/t18-/m1/s1. The van der Waals surface area contributed by atoms with Gasteiger partial charge >= 0.3 is 0 Å². The molecule has 156 valence electrons. The second kappa shape index (κ2) is 10.7. The lowest BCUT2D eigenvalue weighted by Gasteiger charge is -2.31. The summed E-state index contributed by atoms with van der Waals surface area (Å²) in [5.74, 6) is 0.616. The molecular formula is C21H29N5O3. The number of carbonyl (C=O) groups excluding carboxylic acids is 1. The Labute approximate surface area is 171 Å². The van der Waals surface area contributed by atoms with E-state index in [0.717, 1.165) is 43.8 Å². The summed E-state index contributed by atoms with van der Waals surface area (Å²) >= 11 is 0. The summed E-state index contributed by atoms with van der Waals surface area (Å²) in [6, 6.07) is 8.16. The van der Waals surface area contributed by atoms with E-state index in [1.165, 1.54) is 0 Å². The van der Waals surface area contributed by atoms with Gasteiger partial charge in [-0.3, -0.25) is 9.69 Å². The molecule has 8 nitrogen and oxygen atoms in total. The van der Waals surface area contributed by atoms with Gasteiger partial charge in [-0.2, -0.15) is 0 Å². The number of carbonyl (C=O) groups is 1. The number of aromatic nitrogens is 3. The minimum absolute atomic E-state index is 0.0520. The minimum Gasteiger partial charge on any atom is -0.496 e. The first-order chi connectivity index (χ1) is 14.2. The van der Waals surface area contributed by atoms with Gasteiger partial charge in [0.15, 0.2) is 5.69 Å². The van der Waals surface area contributed by atoms with Gasteiger partial charge < -0.3 is 15.2 Å². The van der Waals surface area contributed by atoms with E-state index in [9.17, 15) is 4.79 Å². The molecule has 1 aliphatic rings. The average molecular weight is 399 g/mol. The monoisotopic (exact) mass is 399 g/mol. The van der Waals surface area contributed by atoms with Crippen molar-refractivity contribution in [2.24, 2.45) is 0 Å². The Kier molecular flexibility index (Phi) is 7.77. The molecule has 0 spiro atoms. The molecule has 1 atom stereocenters. The Morgan fingerprint density at radius 3 is 3.10 bits per heavy atom. The molecule has 2 aromatic rings. The SMILES string of the molecule is COc1ccccc1/C=C/CN1CCC[C@@H](n2cc(C(=O)NCCCO)nn2)C1. The number of rotatable bonds is 9. The van der Waals surface area contributed by atoms with Crippen LogP contribution in [-0.2, 0) is 0 Å². The molecule has 0 aliphatic carbocycles. The fraction of sp³-hybridized carbons (Fsp3) is 0.476. The highest BCUT2D eigenvalue weighted by Crippen LogP contribution is 2.22. The van der Waals surface area contributed by atoms with E-state index in [2.05, 4.69) is 32.7 Å². The first kappa shape index (κ1) is 21.0. The highest BCUT2D eigenvalue weighted by atomic mass is 16.5. The van der Waals surface area contributed by atoms with Crippen molar-refractivity contribution in [3.05, 3.63) is 47.8 Å². The number of aliphatic hydroxyl groups excluding tert-OH is 1. The first-order valence-corrected chi connectivity index (χ1v) is 10.0. The molecule has 1 saturated heterocycles. The van der Waals surface area contributed by atoms with E-state index < -0.39 is 0 Å². The summed E-state index contributed by atoms with van der Waals surface area (Å²) in [6.07, 6.45) is 8.58. The lowest BCUT2D eigenvalue weighted by Crippen LogP contribution is -2.36.